The second-order valence-corrected chi connectivity index (χ2v) is 7.88. The Hall–Kier alpha value is -1.20. The molecule has 3 atom stereocenters. The minimum atomic E-state index is -3.57. The molecule has 0 spiro atoms. The van der Waals surface area contributed by atoms with Gasteiger partial charge in [-0.1, -0.05) is 24.1 Å². The van der Waals surface area contributed by atoms with E-state index in [2.05, 4.69) is 0 Å². The zero-order chi connectivity index (χ0) is 14.5. The molecule has 0 aromatic heterocycles. The van der Waals surface area contributed by atoms with Crippen LogP contribution >= 0.6 is 0 Å². The minimum Gasteiger partial charge on any atom is -0.298 e. The zero-order valence-electron chi connectivity index (χ0n) is 11.7. The molecule has 0 saturated heterocycles. The van der Waals surface area contributed by atoms with Gasteiger partial charge in [-0.2, -0.15) is 4.31 Å². The Morgan fingerprint density at radius 2 is 1.80 bits per heavy atom. The maximum atomic E-state index is 12.6. The molecule has 2 saturated carbocycles. The van der Waals surface area contributed by atoms with Crippen molar-refractivity contribution >= 4 is 15.8 Å². The van der Waals surface area contributed by atoms with Crippen molar-refractivity contribution < 1.29 is 13.2 Å². The van der Waals surface area contributed by atoms with E-state index in [1.807, 2.05) is 6.92 Å². The number of benzene rings is 1. The first-order chi connectivity index (χ1) is 9.43. The summed E-state index contributed by atoms with van der Waals surface area (Å²) in [5.74, 6) is 0.439. The van der Waals surface area contributed by atoms with Crippen LogP contribution in [0.3, 0.4) is 0 Å². The smallest absolute Gasteiger partial charge is 0.243 e. The average molecular weight is 293 g/mol. The summed E-state index contributed by atoms with van der Waals surface area (Å²) in [6.07, 6.45) is 2.93. The summed E-state index contributed by atoms with van der Waals surface area (Å²) < 4.78 is 26.5. The number of carbonyl (C=O) groups excluding carboxylic acids is 1. The summed E-state index contributed by atoms with van der Waals surface area (Å²) >= 11 is 0. The predicted molar refractivity (Wildman–Crippen MR) is 75.8 cm³/mol. The van der Waals surface area contributed by atoms with Gasteiger partial charge in [-0.3, -0.25) is 4.79 Å². The van der Waals surface area contributed by atoms with Crippen LogP contribution in [-0.2, 0) is 14.8 Å². The van der Waals surface area contributed by atoms with E-state index in [0.29, 0.717) is 0 Å². The summed E-state index contributed by atoms with van der Waals surface area (Å²) in [5, 5.41) is 0. The standard InChI is InChI=1S/C15H19NO3S/c1-10-6-8-11(9-7-10)20(18,19)16(2)14-12-4-3-5-13(12)15(14)17/h6-9,12-14H,3-5H2,1-2H3/t12-,13+,14-/m1/s1. The molecule has 1 aromatic rings. The number of nitrogens with zero attached hydrogens (tertiary/aromatic N) is 1. The van der Waals surface area contributed by atoms with E-state index >= 15 is 0 Å². The topological polar surface area (TPSA) is 54.5 Å². The first kappa shape index (κ1) is 13.8. The number of sulfonamides is 1. The van der Waals surface area contributed by atoms with Crippen LogP contribution in [0, 0.1) is 18.8 Å². The molecule has 0 bridgehead atoms. The first-order valence-electron chi connectivity index (χ1n) is 7.01. The van der Waals surface area contributed by atoms with E-state index in [1.165, 1.54) is 11.4 Å². The number of carbonyl (C=O) groups is 1. The Balaban J connectivity index is 1.88. The lowest BCUT2D eigenvalue weighted by molar-refractivity contribution is -0.139. The molecule has 2 fully saturated rings. The third kappa shape index (κ3) is 1.91. The summed E-state index contributed by atoms with van der Waals surface area (Å²) in [4.78, 5) is 12.4. The summed E-state index contributed by atoms with van der Waals surface area (Å²) in [7, 11) is -2.04. The van der Waals surface area contributed by atoms with E-state index < -0.39 is 16.1 Å². The molecular weight excluding hydrogens is 274 g/mol. The maximum Gasteiger partial charge on any atom is 0.243 e. The van der Waals surface area contributed by atoms with Crippen molar-refractivity contribution in [2.24, 2.45) is 11.8 Å². The molecule has 2 aliphatic rings. The van der Waals surface area contributed by atoms with Gasteiger partial charge in [0.05, 0.1) is 10.9 Å². The summed E-state index contributed by atoms with van der Waals surface area (Å²) in [5.41, 5.74) is 1.02. The largest absolute Gasteiger partial charge is 0.298 e. The van der Waals surface area contributed by atoms with Crippen molar-refractivity contribution in [1.29, 1.82) is 0 Å². The van der Waals surface area contributed by atoms with Gasteiger partial charge in [0.2, 0.25) is 10.0 Å². The highest BCUT2D eigenvalue weighted by molar-refractivity contribution is 7.89. The molecule has 0 heterocycles. The number of fused-ring (bicyclic) bond motifs is 1. The van der Waals surface area contributed by atoms with Crippen molar-refractivity contribution in [2.45, 2.75) is 37.1 Å². The quantitative estimate of drug-likeness (QED) is 0.856. The third-order valence-corrected chi connectivity index (χ3v) is 6.57. The molecule has 0 N–H and O–H groups in total. The average Bonchev–Trinajstić information content (AvgIpc) is 2.83. The molecule has 1 aromatic carbocycles. The van der Waals surface area contributed by atoms with E-state index in [9.17, 15) is 13.2 Å². The van der Waals surface area contributed by atoms with E-state index in [-0.39, 0.29) is 22.5 Å². The Morgan fingerprint density at radius 1 is 1.15 bits per heavy atom. The molecule has 2 aliphatic carbocycles. The molecule has 5 heteroatoms. The number of aryl methyl sites for hydroxylation is 1. The van der Waals surface area contributed by atoms with Gasteiger partial charge in [0.15, 0.2) is 5.78 Å². The van der Waals surface area contributed by atoms with Crippen molar-refractivity contribution in [1.82, 2.24) is 4.31 Å². The van der Waals surface area contributed by atoms with Crippen LogP contribution in [0.5, 0.6) is 0 Å². The summed E-state index contributed by atoms with van der Waals surface area (Å²) in [6, 6.07) is 6.32. The van der Waals surface area contributed by atoms with E-state index in [1.54, 1.807) is 24.3 Å². The van der Waals surface area contributed by atoms with Gasteiger partial charge in [-0.25, -0.2) is 8.42 Å². The van der Waals surface area contributed by atoms with Crippen molar-refractivity contribution in [2.75, 3.05) is 7.05 Å². The molecule has 0 unspecified atom stereocenters. The zero-order valence-corrected chi connectivity index (χ0v) is 12.6. The van der Waals surface area contributed by atoms with Gasteiger partial charge in [-0.15, -0.1) is 0 Å². The van der Waals surface area contributed by atoms with Crippen molar-refractivity contribution in [3.63, 3.8) is 0 Å². The van der Waals surface area contributed by atoms with Crippen LogP contribution in [0.1, 0.15) is 24.8 Å². The highest BCUT2D eigenvalue weighted by Gasteiger charge is 2.55. The number of Topliss-reactive ketones (excluding diaryl/α,β-unsaturated/α-hetero) is 1. The third-order valence-electron chi connectivity index (χ3n) is 4.72. The second kappa shape index (κ2) is 4.67. The molecule has 3 rings (SSSR count). The van der Waals surface area contributed by atoms with E-state index in [0.717, 1.165) is 24.8 Å². The molecule has 108 valence electrons. The van der Waals surface area contributed by atoms with Gasteiger partial charge in [0.25, 0.3) is 0 Å². The first-order valence-corrected chi connectivity index (χ1v) is 8.45. The molecular formula is C15H19NO3S. The van der Waals surface area contributed by atoms with Crippen LogP contribution in [0.15, 0.2) is 29.2 Å². The highest BCUT2D eigenvalue weighted by atomic mass is 32.2. The lowest BCUT2D eigenvalue weighted by Crippen LogP contribution is -2.59. The number of ketones is 1. The normalized spacial score (nSPS) is 29.4. The Bertz CT molecular complexity index is 636. The fraction of sp³-hybridized carbons (Fsp3) is 0.533. The lowest BCUT2D eigenvalue weighted by Gasteiger charge is -2.43. The second-order valence-electron chi connectivity index (χ2n) is 5.88. The molecule has 0 radical (unpaired) electrons. The van der Waals surface area contributed by atoms with Crippen LogP contribution in [0.2, 0.25) is 0 Å². The number of rotatable bonds is 3. The van der Waals surface area contributed by atoms with Gasteiger partial charge < -0.3 is 0 Å². The Kier molecular flexibility index (Phi) is 3.21. The van der Waals surface area contributed by atoms with Gasteiger partial charge in [0, 0.05) is 13.0 Å². The van der Waals surface area contributed by atoms with Crippen molar-refractivity contribution in [3.05, 3.63) is 29.8 Å². The maximum absolute atomic E-state index is 12.6. The highest BCUT2D eigenvalue weighted by Crippen LogP contribution is 2.47. The number of likely N-dealkylation sites (N-methyl/N-ethyl adjacent to an activating group) is 1. The van der Waals surface area contributed by atoms with Crippen LogP contribution < -0.4 is 0 Å². The van der Waals surface area contributed by atoms with Gasteiger partial charge in [-0.05, 0) is 37.8 Å². The fourth-order valence-electron chi connectivity index (χ4n) is 3.51. The molecule has 0 amide bonds. The minimum absolute atomic E-state index is 0.102. The van der Waals surface area contributed by atoms with Crippen LogP contribution in [0.25, 0.3) is 0 Å². The van der Waals surface area contributed by atoms with Crippen LogP contribution in [-0.4, -0.2) is 31.6 Å². The monoisotopic (exact) mass is 293 g/mol. The van der Waals surface area contributed by atoms with Crippen LogP contribution in [0.4, 0.5) is 0 Å². The van der Waals surface area contributed by atoms with Crippen molar-refractivity contribution in [3.8, 4) is 0 Å². The lowest BCUT2D eigenvalue weighted by atomic mass is 9.70. The molecule has 0 aliphatic heterocycles. The Morgan fingerprint density at radius 3 is 2.45 bits per heavy atom. The molecule has 4 nitrogen and oxygen atoms in total. The fourth-order valence-corrected chi connectivity index (χ4v) is 4.88. The van der Waals surface area contributed by atoms with Gasteiger partial charge >= 0.3 is 0 Å². The SMILES string of the molecule is Cc1ccc(S(=O)(=O)N(C)[C@H]2C(=O)[C@H]3CCC[C@H]32)cc1. The van der Waals surface area contributed by atoms with Gasteiger partial charge in [0.1, 0.15) is 0 Å². The number of hydrogen-bond donors (Lipinski definition) is 0. The van der Waals surface area contributed by atoms with E-state index in [4.69, 9.17) is 0 Å². The summed E-state index contributed by atoms with van der Waals surface area (Å²) in [6.45, 7) is 1.92. The number of hydrogen-bond acceptors (Lipinski definition) is 3. The molecule has 20 heavy (non-hydrogen) atoms. The predicted octanol–water partition coefficient (Wildman–Crippen LogP) is 1.98. The Labute approximate surface area is 119 Å².